The van der Waals surface area contributed by atoms with Crippen LogP contribution in [0.4, 0.5) is 0 Å². The number of morpholine rings is 1. The van der Waals surface area contributed by atoms with E-state index in [0.717, 1.165) is 13.1 Å². The number of ether oxygens (including phenoxy) is 1. The van der Waals surface area contributed by atoms with Crippen LogP contribution in [-0.2, 0) is 14.3 Å². The Morgan fingerprint density at radius 1 is 1.16 bits per heavy atom. The summed E-state index contributed by atoms with van der Waals surface area (Å²) in [6, 6.07) is 4.54. The molecule has 162 valence electrons. The molecule has 1 atom stereocenters. The molecule has 0 spiro atoms. The van der Waals surface area contributed by atoms with Crippen LogP contribution < -0.4 is 0 Å². The van der Waals surface area contributed by atoms with Crippen molar-refractivity contribution < 1.29 is 19.4 Å². The summed E-state index contributed by atoms with van der Waals surface area (Å²) in [6.07, 6.45) is 3.08. The second kappa shape index (κ2) is 8.91. The molecule has 9 heteroatoms. The highest BCUT2D eigenvalue weighted by Crippen LogP contribution is 2.38. The zero-order valence-electron chi connectivity index (χ0n) is 17.6. The van der Waals surface area contributed by atoms with Gasteiger partial charge < -0.3 is 14.7 Å². The Kier molecular flexibility index (Phi) is 6.06. The van der Waals surface area contributed by atoms with Crippen LogP contribution >= 0.6 is 0 Å². The fourth-order valence-electron chi connectivity index (χ4n) is 3.99. The van der Waals surface area contributed by atoms with Gasteiger partial charge in [-0.3, -0.25) is 19.5 Å². The summed E-state index contributed by atoms with van der Waals surface area (Å²) in [7, 11) is 0. The first kappa shape index (κ1) is 21.1. The van der Waals surface area contributed by atoms with Gasteiger partial charge in [0.15, 0.2) is 0 Å². The number of aryl methyl sites for hydroxylation is 2. The number of pyridine rings is 1. The Bertz CT molecular complexity index is 1020. The number of likely N-dealkylation sites (tertiary alicyclic amines) is 1. The lowest BCUT2D eigenvalue weighted by Gasteiger charge is -2.30. The molecule has 2 aromatic rings. The number of carbonyl (C=O) groups is 2. The molecule has 0 aromatic carbocycles. The van der Waals surface area contributed by atoms with E-state index in [1.54, 1.807) is 38.2 Å². The molecule has 4 rings (SSSR count). The minimum atomic E-state index is -0.775. The number of Topliss-reactive ketones (excluding diaryl/α,β-unsaturated/α-hetero) is 1. The first-order valence-corrected chi connectivity index (χ1v) is 10.3. The van der Waals surface area contributed by atoms with Crippen molar-refractivity contribution in [2.45, 2.75) is 19.9 Å². The minimum absolute atomic E-state index is 0.0150. The third kappa shape index (κ3) is 4.19. The molecular weight excluding hydrogens is 398 g/mol. The van der Waals surface area contributed by atoms with Gasteiger partial charge in [0.25, 0.3) is 11.7 Å². The van der Waals surface area contributed by atoms with Crippen molar-refractivity contribution in [1.29, 1.82) is 0 Å². The van der Waals surface area contributed by atoms with Crippen molar-refractivity contribution in [3.8, 4) is 0 Å². The van der Waals surface area contributed by atoms with Crippen molar-refractivity contribution in [2.75, 3.05) is 39.4 Å². The first-order valence-electron chi connectivity index (χ1n) is 10.3. The van der Waals surface area contributed by atoms with Crippen molar-refractivity contribution in [3.05, 3.63) is 58.9 Å². The smallest absolute Gasteiger partial charge is 0.295 e. The van der Waals surface area contributed by atoms with Crippen LogP contribution in [-0.4, -0.2) is 80.9 Å². The predicted octanol–water partition coefficient (Wildman–Crippen LogP) is 1.24. The number of hydrogen-bond acceptors (Lipinski definition) is 8. The Labute approximate surface area is 180 Å². The van der Waals surface area contributed by atoms with Gasteiger partial charge in [-0.1, -0.05) is 6.07 Å². The Morgan fingerprint density at radius 2 is 1.94 bits per heavy atom. The third-order valence-electron chi connectivity index (χ3n) is 5.62. The maximum absolute atomic E-state index is 13.0. The average Bonchev–Trinajstić information content (AvgIpc) is 3.03. The van der Waals surface area contributed by atoms with Crippen LogP contribution in [0, 0.1) is 13.8 Å². The van der Waals surface area contributed by atoms with E-state index in [2.05, 4.69) is 19.9 Å². The fraction of sp³-hybridized carbons (Fsp3) is 0.409. The van der Waals surface area contributed by atoms with E-state index in [1.807, 2.05) is 0 Å². The molecule has 2 aliphatic heterocycles. The van der Waals surface area contributed by atoms with Crippen LogP contribution in [0.15, 0.2) is 36.2 Å². The van der Waals surface area contributed by atoms with Gasteiger partial charge in [-0.25, -0.2) is 9.97 Å². The molecule has 0 unspecified atom stereocenters. The normalized spacial score (nSPS) is 21.6. The molecule has 0 aliphatic carbocycles. The molecule has 0 saturated carbocycles. The summed E-state index contributed by atoms with van der Waals surface area (Å²) in [4.78, 5) is 42.5. The number of aliphatic hydroxyl groups is 1. The number of rotatable bonds is 5. The van der Waals surface area contributed by atoms with Crippen molar-refractivity contribution in [2.24, 2.45) is 0 Å². The molecule has 4 heterocycles. The molecule has 9 nitrogen and oxygen atoms in total. The van der Waals surface area contributed by atoms with E-state index in [9.17, 15) is 14.7 Å². The zero-order chi connectivity index (χ0) is 22.0. The molecule has 31 heavy (non-hydrogen) atoms. The highest BCUT2D eigenvalue weighted by molar-refractivity contribution is 6.46. The lowest BCUT2D eigenvalue weighted by Crippen LogP contribution is -2.42. The van der Waals surface area contributed by atoms with Crippen LogP contribution in [0.25, 0.3) is 5.76 Å². The van der Waals surface area contributed by atoms with Gasteiger partial charge in [0, 0.05) is 38.6 Å². The van der Waals surface area contributed by atoms with Crippen molar-refractivity contribution >= 4 is 17.4 Å². The number of nitrogens with zero attached hydrogens (tertiary/aromatic N) is 5. The Hall–Kier alpha value is -3.17. The van der Waals surface area contributed by atoms with Gasteiger partial charge in [0.1, 0.15) is 17.6 Å². The Morgan fingerprint density at radius 3 is 2.61 bits per heavy atom. The molecule has 2 aromatic heterocycles. The van der Waals surface area contributed by atoms with Crippen LogP contribution in [0.3, 0.4) is 0 Å². The van der Waals surface area contributed by atoms with Gasteiger partial charge >= 0.3 is 0 Å². The average molecular weight is 423 g/mol. The summed E-state index contributed by atoms with van der Waals surface area (Å²) in [6.45, 7) is 7.27. The summed E-state index contributed by atoms with van der Waals surface area (Å²) in [5, 5.41) is 11.1. The number of ketones is 1. The standard InChI is InChI=1S/C22H25N5O4/c1-14-16(13-24-15(2)25-14)20(28)18-19(17-5-3-4-6-23-17)27(22(30)21(18)29)8-7-26-9-11-31-12-10-26/h3-6,13,19,28H,7-12H2,1-2H3/b20-18+/t19-/m0/s1. The molecule has 1 N–H and O–H groups in total. The van der Waals surface area contributed by atoms with Gasteiger partial charge in [0.2, 0.25) is 0 Å². The SMILES string of the molecule is Cc1ncc(/C(O)=C2\C(=O)C(=O)N(CCN3CCOCC3)[C@H]2c2ccccn2)c(C)n1. The molecule has 2 aliphatic rings. The number of aliphatic hydroxyl groups excluding tert-OH is 1. The van der Waals surface area contributed by atoms with E-state index >= 15 is 0 Å². The summed E-state index contributed by atoms with van der Waals surface area (Å²) < 4.78 is 5.38. The number of carbonyl (C=O) groups excluding carboxylic acids is 2. The van der Waals surface area contributed by atoms with Gasteiger partial charge in [-0.2, -0.15) is 0 Å². The number of amides is 1. The van der Waals surface area contributed by atoms with E-state index in [4.69, 9.17) is 4.74 Å². The highest BCUT2D eigenvalue weighted by Gasteiger charge is 2.46. The maximum atomic E-state index is 13.0. The van der Waals surface area contributed by atoms with Gasteiger partial charge in [-0.05, 0) is 26.0 Å². The first-order chi connectivity index (χ1) is 15.0. The van der Waals surface area contributed by atoms with Crippen molar-refractivity contribution in [1.82, 2.24) is 24.8 Å². The number of hydrogen-bond donors (Lipinski definition) is 1. The second-order valence-corrected chi connectivity index (χ2v) is 7.62. The lowest BCUT2D eigenvalue weighted by atomic mass is 9.98. The monoisotopic (exact) mass is 423 g/mol. The lowest BCUT2D eigenvalue weighted by molar-refractivity contribution is -0.140. The molecule has 0 bridgehead atoms. The topological polar surface area (TPSA) is 109 Å². The Balaban J connectivity index is 1.74. The molecule has 0 radical (unpaired) electrons. The minimum Gasteiger partial charge on any atom is -0.507 e. The molecular formula is C22H25N5O4. The van der Waals surface area contributed by atoms with E-state index in [1.165, 1.54) is 11.1 Å². The largest absolute Gasteiger partial charge is 0.507 e. The molecule has 1 amide bonds. The molecule has 2 fully saturated rings. The zero-order valence-corrected chi connectivity index (χ0v) is 17.6. The van der Waals surface area contributed by atoms with E-state index < -0.39 is 17.7 Å². The maximum Gasteiger partial charge on any atom is 0.295 e. The van der Waals surface area contributed by atoms with Crippen molar-refractivity contribution in [3.63, 3.8) is 0 Å². The summed E-state index contributed by atoms with van der Waals surface area (Å²) in [5.74, 6) is -1.09. The summed E-state index contributed by atoms with van der Waals surface area (Å²) in [5.41, 5.74) is 1.40. The highest BCUT2D eigenvalue weighted by atomic mass is 16.5. The summed E-state index contributed by atoms with van der Waals surface area (Å²) >= 11 is 0. The molecule has 2 saturated heterocycles. The third-order valence-corrected chi connectivity index (χ3v) is 5.62. The van der Waals surface area contributed by atoms with Crippen LogP contribution in [0.5, 0.6) is 0 Å². The van der Waals surface area contributed by atoms with Crippen LogP contribution in [0.2, 0.25) is 0 Å². The quantitative estimate of drug-likeness (QED) is 0.435. The second-order valence-electron chi connectivity index (χ2n) is 7.62. The number of aromatic nitrogens is 3. The van der Waals surface area contributed by atoms with E-state index in [-0.39, 0.29) is 11.3 Å². The van der Waals surface area contributed by atoms with Crippen LogP contribution in [0.1, 0.15) is 28.8 Å². The van der Waals surface area contributed by atoms with Gasteiger partial charge in [0.05, 0.1) is 35.7 Å². The van der Waals surface area contributed by atoms with E-state index in [0.29, 0.717) is 49.1 Å². The predicted molar refractivity (Wildman–Crippen MR) is 112 cm³/mol. The fourth-order valence-corrected chi connectivity index (χ4v) is 3.99. The van der Waals surface area contributed by atoms with Gasteiger partial charge in [-0.15, -0.1) is 0 Å².